The summed E-state index contributed by atoms with van der Waals surface area (Å²) in [7, 11) is 4.41. The van der Waals surface area contributed by atoms with Gasteiger partial charge < -0.3 is 25.0 Å². The van der Waals surface area contributed by atoms with E-state index in [-0.39, 0.29) is 24.0 Å². The first kappa shape index (κ1) is 28.8. The predicted molar refractivity (Wildman–Crippen MR) is 134 cm³/mol. The highest BCUT2D eigenvalue weighted by atomic mass is 19.4. The second-order valence-corrected chi connectivity index (χ2v) is 11.6. The van der Waals surface area contributed by atoms with E-state index in [1.165, 1.54) is 18.1 Å². The Morgan fingerprint density at radius 1 is 1.05 bits per heavy atom. The Kier molecular flexibility index (Phi) is 7.91. The zero-order chi connectivity index (χ0) is 28.7. The van der Waals surface area contributed by atoms with Gasteiger partial charge in [0.15, 0.2) is 5.69 Å². The maximum absolute atomic E-state index is 14.1. The van der Waals surface area contributed by atoms with Crippen molar-refractivity contribution in [2.24, 2.45) is 23.7 Å². The van der Waals surface area contributed by atoms with Gasteiger partial charge in [0.05, 0.1) is 24.4 Å². The summed E-state index contributed by atoms with van der Waals surface area (Å²) in [6, 6.07) is -0.317. The Hall–Kier alpha value is -3.25. The molecular formula is C26H36F3N5O5. The van der Waals surface area contributed by atoms with Gasteiger partial charge in [-0.15, -0.1) is 0 Å². The molecular weight excluding hydrogens is 519 g/mol. The predicted octanol–water partition coefficient (Wildman–Crippen LogP) is 4.13. The van der Waals surface area contributed by atoms with Gasteiger partial charge in [-0.2, -0.15) is 18.3 Å². The van der Waals surface area contributed by atoms with E-state index in [0.717, 1.165) is 38.1 Å². The second-order valence-electron chi connectivity index (χ2n) is 11.6. The second kappa shape index (κ2) is 10.7. The molecule has 3 amide bonds. The lowest BCUT2D eigenvalue weighted by Gasteiger charge is -2.38. The third kappa shape index (κ3) is 6.33. The number of nitrogens with one attached hydrogen (secondary N) is 2. The number of methoxy groups -OCH3 is 1. The van der Waals surface area contributed by atoms with Crippen molar-refractivity contribution >= 4 is 24.3 Å². The molecule has 3 saturated carbocycles. The molecule has 13 heteroatoms. The van der Waals surface area contributed by atoms with E-state index in [2.05, 4.69) is 20.5 Å². The van der Waals surface area contributed by atoms with Crippen molar-refractivity contribution in [3.05, 3.63) is 23.5 Å². The van der Waals surface area contributed by atoms with E-state index in [0.29, 0.717) is 22.9 Å². The maximum atomic E-state index is 14.1. The number of alkyl halides is 3. The van der Waals surface area contributed by atoms with Crippen LogP contribution in [0.4, 0.5) is 22.8 Å². The third-order valence-corrected chi connectivity index (χ3v) is 8.11. The molecule has 216 valence electrons. The molecule has 4 rings (SSSR count). The van der Waals surface area contributed by atoms with Gasteiger partial charge in [-0.25, -0.2) is 14.3 Å². The minimum absolute atomic E-state index is 0.000338. The van der Waals surface area contributed by atoms with Crippen molar-refractivity contribution in [2.75, 3.05) is 21.2 Å². The zero-order valence-electron chi connectivity index (χ0n) is 22.7. The van der Waals surface area contributed by atoms with Crippen molar-refractivity contribution in [2.45, 2.75) is 69.8 Å². The number of aromatic nitrogens is 2. The highest BCUT2D eigenvalue weighted by molar-refractivity contribution is 5.95. The van der Waals surface area contributed by atoms with Gasteiger partial charge >= 0.3 is 18.4 Å². The molecule has 1 aromatic rings. The average molecular weight is 556 g/mol. The fourth-order valence-electron chi connectivity index (χ4n) is 6.41. The fraction of sp³-hybridized carbons (Fsp3) is 0.692. The van der Waals surface area contributed by atoms with Crippen molar-refractivity contribution in [1.29, 1.82) is 0 Å². The Morgan fingerprint density at radius 2 is 1.64 bits per heavy atom. The highest BCUT2D eigenvalue weighted by Gasteiger charge is 2.51. The summed E-state index contributed by atoms with van der Waals surface area (Å²) in [5.41, 5.74) is -2.83. The van der Waals surface area contributed by atoms with Crippen LogP contribution < -0.4 is 10.6 Å². The smallest absolute Gasteiger partial charge is 0.434 e. The average Bonchev–Trinajstić information content (AvgIpc) is 3.38. The molecule has 6 atom stereocenters. The van der Waals surface area contributed by atoms with E-state index < -0.39 is 41.1 Å². The van der Waals surface area contributed by atoms with Crippen molar-refractivity contribution in [1.82, 2.24) is 25.3 Å². The van der Waals surface area contributed by atoms with Crippen molar-refractivity contribution in [3.63, 3.8) is 0 Å². The number of fused-ring (bicyclic) bond motifs is 2. The number of hydrogen-bond acceptors (Lipinski definition) is 6. The van der Waals surface area contributed by atoms with Crippen LogP contribution in [0.1, 0.15) is 62.0 Å². The Labute approximate surface area is 225 Å². The lowest BCUT2D eigenvalue weighted by atomic mass is 9.75. The molecule has 3 fully saturated rings. The largest absolute Gasteiger partial charge is 0.453 e. The molecule has 10 nitrogen and oxygen atoms in total. The summed E-state index contributed by atoms with van der Waals surface area (Å²) in [5, 5.41) is 9.21. The molecule has 1 heterocycles. The minimum Gasteiger partial charge on any atom is -0.453 e. The summed E-state index contributed by atoms with van der Waals surface area (Å²) in [6.45, 7) is 3.15. The topological polar surface area (TPSA) is 115 Å². The molecule has 0 aliphatic heterocycles. The summed E-state index contributed by atoms with van der Waals surface area (Å²) in [4.78, 5) is 38.4. The van der Waals surface area contributed by atoms with Gasteiger partial charge in [0, 0.05) is 26.3 Å². The summed E-state index contributed by atoms with van der Waals surface area (Å²) in [5.74, 6) is 0.162. The summed E-state index contributed by atoms with van der Waals surface area (Å²) < 4.78 is 53.3. The van der Waals surface area contributed by atoms with Gasteiger partial charge in [0.2, 0.25) is 0 Å². The molecule has 3 bridgehead atoms. The van der Waals surface area contributed by atoms with E-state index in [4.69, 9.17) is 4.74 Å². The first-order valence-corrected chi connectivity index (χ1v) is 13.1. The number of amides is 3. The molecule has 3 aliphatic carbocycles. The van der Waals surface area contributed by atoms with Gasteiger partial charge in [-0.1, -0.05) is 0 Å². The van der Waals surface area contributed by atoms with Crippen LogP contribution in [-0.2, 0) is 15.7 Å². The monoisotopic (exact) mass is 555 g/mol. The van der Waals surface area contributed by atoms with Crippen LogP contribution in [0.5, 0.6) is 0 Å². The first-order chi connectivity index (χ1) is 18.2. The fourth-order valence-corrected chi connectivity index (χ4v) is 6.41. The third-order valence-electron chi connectivity index (χ3n) is 8.11. The Balaban J connectivity index is 1.54. The SMILES string of the molecule is COC(=O)NC(C)(C)/C=C/n1ncc(C(=O)N[C@@H]2C3CC(OC(=O)N(C)C)CC4CC2CC4C3)c1C(F)(F)F. The number of rotatable bonds is 6. The van der Waals surface area contributed by atoms with E-state index >= 15 is 0 Å². The lowest BCUT2D eigenvalue weighted by molar-refractivity contribution is -0.142. The molecule has 0 saturated heterocycles. The molecule has 1 aromatic heterocycles. The number of carbonyl (C=O) groups excluding carboxylic acids is 3. The first-order valence-electron chi connectivity index (χ1n) is 13.1. The number of carbonyl (C=O) groups is 3. The molecule has 39 heavy (non-hydrogen) atoms. The van der Waals surface area contributed by atoms with Crippen LogP contribution in [0.25, 0.3) is 6.20 Å². The number of alkyl carbamates (subject to hydrolysis) is 1. The molecule has 5 unspecified atom stereocenters. The van der Waals surface area contributed by atoms with Crippen LogP contribution in [0.3, 0.4) is 0 Å². The van der Waals surface area contributed by atoms with Crippen LogP contribution in [-0.4, -0.2) is 71.7 Å². The lowest BCUT2D eigenvalue weighted by Crippen LogP contribution is -2.48. The van der Waals surface area contributed by atoms with E-state index in [1.54, 1.807) is 27.9 Å². The van der Waals surface area contributed by atoms with Crippen LogP contribution in [0, 0.1) is 23.7 Å². The quantitative estimate of drug-likeness (QED) is 0.546. The van der Waals surface area contributed by atoms with Gasteiger partial charge in [0.1, 0.15) is 6.10 Å². The maximum Gasteiger partial charge on any atom is 0.434 e. The number of nitrogens with zero attached hydrogens (tertiary/aromatic N) is 3. The van der Waals surface area contributed by atoms with Crippen molar-refractivity contribution < 1.29 is 37.0 Å². The molecule has 0 aromatic carbocycles. The molecule has 3 aliphatic rings. The number of halogens is 3. The molecule has 0 spiro atoms. The highest BCUT2D eigenvalue weighted by Crippen LogP contribution is 2.54. The summed E-state index contributed by atoms with van der Waals surface area (Å²) in [6.07, 6.45) is 0.903. The van der Waals surface area contributed by atoms with E-state index in [1.807, 2.05) is 0 Å². The standard InChI is InChI=1S/C26H36F3N5O5/c1-25(2,32-23(36)38-5)6-7-34-21(26(27,28)29)19(13-30-34)22(35)31-20-16-8-14-9-17(20)12-18(11-15(14)10-16)39-24(37)33(3)4/h6-7,13-18,20H,8-12H2,1-5H3,(H,31,35)(H,32,36)/b7-6+/t14?,15?,16?,17?,18?,20-/m0/s1. The van der Waals surface area contributed by atoms with Gasteiger partial charge in [0.25, 0.3) is 5.91 Å². The van der Waals surface area contributed by atoms with Crippen LogP contribution in [0.15, 0.2) is 12.3 Å². The van der Waals surface area contributed by atoms with Crippen LogP contribution >= 0.6 is 0 Å². The normalized spacial score (nSPS) is 28.2. The summed E-state index contributed by atoms with van der Waals surface area (Å²) >= 11 is 0. The van der Waals surface area contributed by atoms with Gasteiger partial charge in [-0.3, -0.25) is 4.79 Å². The Bertz CT molecular complexity index is 1130. The number of ether oxygens (including phenoxy) is 2. The van der Waals surface area contributed by atoms with Gasteiger partial charge in [-0.05, 0) is 75.7 Å². The molecule has 0 radical (unpaired) electrons. The van der Waals surface area contributed by atoms with Crippen molar-refractivity contribution in [3.8, 4) is 0 Å². The minimum atomic E-state index is -4.86. The van der Waals surface area contributed by atoms with E-state index in [9.17, 15) is 27.6 Å². The van der Waals surface area contributed by atoms with Crippen LogP contribution in [0.2, 0.25) is 0 Å². The Morgan fingerprint density at radius 3 is 2.23 bits per heavy atom. The zero-order valence-corrected chi connectivity index (χ0v) is 22.7. The number of hydrogen-bond donors (Lipinski definition) is 2. The molecule has 2 N–H and O–H groups in total.